The van der Waals surface area contributed by atoms with E-state index in [2.05, 4.69) is 15.2 Å². The van der Waals surface area contributed by atoms with Gasteiger partial charge < -0.3 is 15.0 Å². The van der Waals surface area contributed by atoms with Crippen molar-refractivity contribution in [1.82, 2.24) is 10.2 Å². The second-order valence-corrected chi connectivity index (χ2v) is 7.84. The summed E-state index contributed by atoms with van der Waals surface area (Å²) in [5, 5.41) is 3.74. The number of aliphatic imine (C=N–C) groups is 1. The average molecular weight is 473 g/mol. The summed E-state index contributed by atoms with van der Waals surface area (Å²) in [6, 6.07) is 7.24. The molecule has 1 saturated heterocycles. The van der Waals surface area contributed by atoms with Crippen LogP contribution in [0.5, 0.6) is 0 Å². The van der Waals surface area contributed by atoms with Gasteiger partial charge in [-0.15, -0.1) is 24.0 Å². The predicted molar refractivity (Wildman–Crippen MR) is 112 cm³/mol. The molecular weight excluding hydrogens is 444 g/mol. The van der Waals surface area contributed by atoms with E-state index in [-0.39, 0.29) is 29.8 Å². The first-order chi connectivity index (χ1) is 12.1. The van der Waals surface area contributed by atoms with Gasteiger partial charge in [-0.1, -0.05) is 25.0 Å². The Morgan fingerprint density at radius 3 is 2.85 bits per heavy atom. The zero-order valence-corrected chi connectivity index (χ0v) is 17.9. The molecule has 0 amide bonds. The first-order valence-corrected chi connectivity index (χ1v) is 9.44. The number of ether oxygens (including phenoxy) is 1. The fraction of sp³-hybridized carbons (Fsp3) is 0.650. The van der Waals surface area contributed by atoms with E-state index < -0.39 is 0 Å². The minimum absolute atomic E-state index is 0. The molecule has 1 spiro atoms. The second kappa shape index (κ2) is 8.00. The highest BCUT2D eigenvalue weighted by atomic mass is 127. The fourth-order valence-corrected chi connectivity index (χ4v) is 5.37. The molecule has 0 aromatic heterocycles. The third kappa shape index (κ3) is 3.35. The summed E-state index contributed by atoms with van der Waals surface area (Å²) in [6.07, 6.45) is 6.73. The van der Waals surface area contributed by atoms with Crippen LogP contribution in [0.3, 0.4) is 0 Å². The second-order valence-electron chi connectivity index (χ2n) is 7.84. The molecule has 0 radical (unpaired) electrons. The van der Waals surface area contributed by atoms with Crippen LogP contribution >= 0.6 is 24.0 Å². The Bertz CT molecular complexity index is 662. The van der Waals surface area contributed by atoms with Crippen LogP contribution in [0.2, 0.25) is 0 Å². The van der Waals surface area contributed by atoms with Gasteiger partial charge in [0.15, 0.2) is 5.96 Å². The molecule has 0 bridgehead atoms. The summed E-state index contributed by atoms with van der Waals surface area (Å²) >= 11 is 0. The van der Waals surface area contributed by atoms with E-state index in [0.717, 1.165) is 24.6 Å². The van der Waals surface area contributed by atoms with Crippen molar-refractivity contribution < 1.29 is 9.13 Å². The van der Waals surface area contributed by atoms with E-state index >= 15 is 0 Å². The third-order valence-corrected chi connectivity index (χ3v) is 6.45. The van der Waals surface area contributed by atoms with Crippen LogP contribution in [0.25, 0.3) is 0 Å². The quantitative estimate of drug-likeness (QED) is 0.413. The predicted octanol–water partition coefficient (Wildman–Crippen LogP) is 3.80. The van der Waals surface area contributed by atoms with Crippen molar-refractivity contribution in [2.75, 3.05) is 20.7 Å². The van der Waals surface area contributed by atoms with Gasteiger partial charge in [-0.25, -0.2) is 4.39 Å². The molecule has 26 heavy (non-hydrogen) atoms. The minimum atomic E-state index is -0.191. The number of halogens is 2. The van der Waals surface area contributed by atoms with E-state index in [4.69, 9.17) is 4.74 Å². The van der Waals surface area contributed by atoms with Gasteiger partial charge in [-0.3, -0.25) is 4.99 Å². The smallest absolute Gasteiger partial charge is 0.193 e. The first-order valence-electron chi connectivity index (χ1n) is 9.44. The summed E-state index contributed by atoms with van der Waals surface area (Å²) in [6.45, 7) is 1.54. The molecule has 144 valence electrons. The highest BCUT2D eigenvalue weighted by Gasteiger charge is 2.65. The summed E-state index contributed by atoms with van der Waals surface area (Å²) in [5.41, 5.74) is 1.26. The molecule has 2 saturated carbocycles. The van der Waals surface area contributed by atoms with E-state index in [1.807, 2.05) is 20.2 Å². The molecule has 1 heterocycles. The Kier molecular flexibility index (Phi) is 6.11. The van der Waals surface area contributed by atoms with Crippen molar-refractivity contribution in [1.29, 1.82) is 0 Å². The van der Waals surface area contributed by atoms with Gasteiger partial charge in [0.25, 0.3) is 0 Å². The van der Waals surface area contributed by atoms with E-state index in [1.54, 1.807) is 12.1 Å². The minimum Gasteiger partial charge on any atom is -0.377 e. The van der Waals surface area contributed by atoms with Gasteiger partial charge in [0.1, 0.15) is 5.82 Å². The lowest BCUT2D eigenvalue weighted by Crippen LogP contribution is -2.69. The molecule has 1 aromatic carbocycles. The zero-order chi connectivity index (χ0) is 17.4. The molecule has 4 rings (SSSR count). The SMILES string of the molecule is CN=C(NC1C2CCOC2C12CCCC2)N(C)Cc1cccc(F)c1.I. The number of benzene rings is 1. The normalized spacial score (nSPS) is 29.0. The summed E-state index contributed by atoms with van der Waals surface area (Å²) < 4.78 is 19.5. The Hall–Kier alpha value is -0.890. The molecule has 3 unspecified atom stereocenters. The van der Waals surface area contributed by atoms with Crippen LogP contribution in [-0.2, 0) is 11.3 Å². The number of hydrogen-bond acceptors (Lipinski definition) is 2. The molecule has 3 aliphatic rings. The molecular formula is C20H29FIN3O. The molecule has 4 nitrogen and oxygen atoms in total. The molecule has 3 atom stereocenters. The lowest BCUT2D eigenvalue weighted by Gasteiger charge is -2.57. The Balaban J connectivity index is 0.00000196. The van der Waals surface area contributed by atoms with Gasteiger partial charge in [-0.2, -0.15) is 0 Å². The van der Waals surface area contributed by atoms with Crippen molar-refractivity contribution in [2.45, 2.75) is 50.8 Å². The molecule has 1 N–H and O–H groups in total. The van der Waals surface area contributed by atoms with Gasteiger partial charge in [-0.05, 0) is 37.0 Å². The molecule has 6 heteroatoms. The number of nitrogens with one attached hydrogen (secondary N) is 1. The van der Waals surface area contributed by atoms with Crippen LogP contribution in [0, 0.1) is 17.2 Å². The lowest BCUT2D eigenvalue weighted by atomic mass is 9.54. The monoisotopic (exact) mass is 473 g/mol. The molecule has 3 fully saturated rings. The summed E-state index contributed by atoms with van der Waals surface area (Å²) in [5.74, 6) is 1.31. The Morgan fingerprint density at radius 2 is 2.15 bits per heavy atom. The first kappa shape index (κ1) is 19.9. The van der Waals surface area contributed by atoms with E-state index in [1.165, 1.54) is 31.7 Å². The Labute approximate surface area is 172 Å². The maximum absolute atomic E-state index is 13.4. The number of rotatable bonds is 3. The van der Waals surface area contributed by atoms with Crippen molar-refractivity contribution in [2.24, 2.45) is 16.3 Å². The summed E-state index contributed by atoms with van der Waals surface area (Å²) in [7, 11) is 3.84. The van der Waals surface area contributed by atoms with Crippen LogP contribution in [0.4, 0.5) is 4.39 Å². The number of hydrogen-bond donors (Lipinski definition) is 1. The topological polar surface area (TPSA) is 36.9 Å². The van der Waals surface area contributed by atoms with Crippen LogP contribution in [-0.4, -0.2) is 43.7 Å². The highest BCUT2D eigenvalue weighted by molar-refractivity contribution is 14.0. The van der Waals surface area contributed by atoms with Gasteiger partial charge in [0.2, 0.25) is 0 Å². The van der Waals surface area contributed by atoms with E-state index in [9.17, 15) is 4.39 Å². The largest absolute Gasteiger partial charge is 0.377 e. The van der Waals surface area contributed by atoms with Gasteiger partial charge >= 0.3 is 0 Å². The van der Waals surface area contributed by atoms with Gasteiger partial charge in [0, 0.05) is 44.6 Å². The van der Waals surface area contributed by atoms with Crippen LogP contribution in [0.1, 0.15) is 37.7 Å². The number of guanidine groups is 1. The zero-order valence-electron chi connectivity index (χ0n) is 15.6. The molecule has 1 aliphatic heterocycles. The lowest BCUT2D eigenvalue weighted by molar-refractivity contribution is -0.125. The van der Waals surface area contributed by atoms with E-state index in [0.29, 0.717) is 30.0 Å². The maximum atomic E-state index is 13.4. The van der Waals surface area contributed by atoms with Gasteiger partial charge in [0.05, 0.1) is 6.10 Å². The highest BCUT2D eigenvalue weighted by Crippen LogP contribution is 2.60. The average Bonchev–Trinajstić information content (AvgIpc) is 3.24. The van der Waals surface area contributed by atoms with Crippen molar-refractivity contribution in [3.63, 3.8) is 0 Å². The standard InChI is InChI=1S/C20H28FN3O.HI/c1-22-19(24(2)13-14-6-5-7-15(21)12-14)23-17-16-8-11-25-18(16)20(17)9-3-4-10-20;/h5-7,12,16-18H,3-4,8-11,13H2,1-2H3,(H,22,23);1H. The number of nitrogens with zero attached hydrogens (tertiary/aromatic N) is 2. The van der Waals surface area contributed by atoms with Crippen molar-refractivity contribution in [3.05, 3.63) is 35.6 Å². The van der Waals surface area contributed by atoms with Crippen molar-refractivity contribution >= 4 is 29.9 Å². The summed E-state index contributed by atoms with van der Waals surface area (Å²) in [4.78, 5) is 6.58. The molecule has 2 aliphatic carbocycles. The van der Waals surface area contributed by atoms with Crippen molar-refractivity contribution in [3.8, 4) is 0 Å². The third-order valence-electron chi connectivity index (χ3n) is 6.45. The maximum Gasteiger partial charge on any atom is 0.193 e. The van der Waals surface area contributed by atoms with Crippen LogP contribution in [0.15, 0.2) is 29.3 Å². The molecule has 1 aromatic rings. The fourth-order valence-electron chi connectivity index (χ4n) is 5.37. The number of fused-ring (bicyclic) bond motifs is 2. The van der Waals surface area contributed by atoms with Crippen LogP contribution < -0.4 is 5.32 Å². The Morgan fingerprint density at radius 1 is 1.38 bits per heavy atom.